The molecule has 1 aliphatic rings. The summed E-state index contributed by atoms with van der Waals surface area (Å²) in [4.78, 5) is 27.5. The lowest BCUT2D eigenvalue weighted by Gasteiger charge is -2.32. The minimum atomic E-state index is -0.264. The summed E-state index contributed by atoms with van der Waals surface area (Å²) < 4.78 is 1.88. The molecule has 1 saturated heterocycles. The first-order chi connectivity index (χ1) is 14.4. The first-order valence-electron chi connectivity index (χ1n) is 11.0. The molecule has 3 rings (SSSR count). The quantitative estimate of drug-likeness (QED) is 0.740. The molecule has 1 aromatic heterocycles. The van der Waals surface area contributed by atoms with Crippen molar-refractivity contribution in [1.29, 1.82) is 0 Å². The second-order valence-electron chi connectivity index (χ2n) is 10.3. The summed E-state index contributed by atoms with van der Waals surface area (Å²) in [6.45, 7) is 13.6. The van der Waals surface area contributed by atoms with Crippen LogP contribution in [0.5, 0.6) is 0 Å². The molecule has 1 aromatic carbocycles. The highest BCUT2D eigenvalue weighted by Gasteiger charge is 2.31. The molecule has 1 fully saturated rings. The molecule has 0 radical (unpaired) electrons. The molecule has 168 valence electrons. The van der Waals surface area contributed by atoms with Crippen LogP contribution < -0.4 is 10.6 Å². The van der Waals surface area contributed by atoms with Crippen LogP contribution in [0.3, 0.4) is 0 Å². The van der Waals surface area contributed by atoms with E-state index in [1.807, 2.05) is 41.1 Å². The van der Waals surface area contributed by atoms with Crippen molar-refractivity contribution in [2.24, 2.45) is 5.92 Å². The highest BCUT2D eigenvalue weighted by atomic mass is 16.2. The van der Waals surface area contributed by atoms with Gasteiger partial charge >= 0.3 is 6.03 Å². The predicted molar refractivity (Wildman–Crippen MR) is 124 cm³/mol. The molecular formula is C24H35N5O2. The second kappa shape index (κ2) is 8.73. The zero-order valence-electron chi connectivity index (χ0n) is 19.5. The number of carbonyl (C=O) groups is 2. The molecule has 1 unspecified atom stereocenters. The number of carbonyl (C=O) groups excluding carboxylic acids is 2. The minimum Gasteiger partial charge on any atom is -0.324 e. The topological polar surface area (TPSA) is 79.3 Å². The second-order valence-corrected chi connectivity index (χ2v) is 10.3. The molecular weight excluding hydrogens is 390 g/mol. The van der Waals surface area contributed by atoms with E-state index in [4.69, 9.17) is 5.10 Å². The lowest BCUT2D eigenvalue weighted by molar-refractivity contribution is -0.121. The van der Waals surface area contributed by atoms with Crippen molar-refractivity contribution in [1.82, 2.24) is 14.7 Å². The summed E-state index contributed by atoms with van der Waals surface area (Å²) >= 11 is 0. The summed E-state index contributed by atoms with van der Waals surface area (Å²) in [6, 6.07) is 11.2. The summed E-state index contributed by atoms with van der Waals surface area (Å²) in [6.07, 6.45) is 1.56. The van der Waals surface area contributed by atoms with E-state index in [2.05, 4.69) is 52.2 Å². The van der Waals surface area contributed by atoms with Crippen LogP contribution in [0.4, 0.5) is 16.3 Å². The first-order valence-corrected chi connectivity index (χ1v) is 11.0. The highest BCUT2D eigenvalue weighted by Crippen LogP contribution is 2.29. The molecule has 31 heavy (non-hydrogen) atoms. The van der Waals surface area contributed by atoms with Gasteiger partial charge in [-0.15, -0.1) is 0 Å². The largest absolute Gasteiger partial charge is 0.324 e. The van der Waals surface area contributed by atoms with Gasteiger partial charge in [0.2, 0.25) is 5.91 Å². The van der Waals surface area contributed by atoms with Crippen molar-refractivity contribution in [3.8, 4) is 0 Å². The van der Waals surface area contributed by atoms with Crippen LogP contribution in [0, 0.1) is 5.92 Å². The van der Waals surface area contributed by atoms with Gasteiger partial charge in [-0.25, -0.2) is 9.48 Å². The Labute approximate surface area is 185 Å². The Morgan fingerprint density at radius 1 is 1.03 bits per heavy atom. The van der Waals surface area contributed by atoms with Crippen LogP contribution >= 0.6 is 0 Å². The van der Waals surface area contributed by atoms with Crippen molar-refractivity contribution in [3.63, 3.8) is 0 Å². The fraction of sp³-hybridized carbons (Fsp3) is 0.542. The molecule has 0 saturated carbocycles. The van der Waals surface area contributed by atoms with E-state index < -0.39 is 0 Å². The molecule has 0 aliphatic carbocycles. The third-order valence-corrected chi connectivity index (χ3v) is 5.47. The Morgan fingerprint density at radius 3 is 2.32 bits per heavy atom. The van der Waals surface area contributed by atoms with E-state index in [1.165, 1.54) is 0 Å². The Balaban J connectivity index is 1.70. The Bertz CT molecular complexity index is 922. The molecule has 7 heteroatoms. The molecule has 0 spiro atoms. The first kappa shape index (κ1) is 22.8. The van der Waals surface area contributed by atoms with Crippen LogP contribution in [0.1, 0.15) is 60.1 Å². The molecule has 7 nitrogen and oxygen atoms in total. The number of urea groups is 1. The van der Waals surface area contributed by atoms with E-state index in [-0.39, 0.29) is 28.8 Å². The van der Waals surface area contributed by atoms with E-state index in [0.717, 1.165) is 24.2 Å². The Kier molecular flexibility index (Phi) is 6.43. The SMILES string of the molecule is CC(C)(C)c1cc(NC(=O)C2CCCN(C(=O)Nc3ccccc3)C2)n(C(C)(C)C)n1. The van der Waals surface area contributed by atoms with Gasteiger partial charge in [0.05, 0.1) is 17.2 Å². The van der Waals surface area contributed by atoms with Gasteiger partial charge in [-0.3, -0.25) is 4.79 Å². The van der Waals surface area contributed by atoms with Crippen LogP contribution in [-0.4, -0.2) is 39.7 Å². The summed E-state index contributed by atoms with van der Waals surface area (Å²) in [5, 5.41) is 10.8. The minimum absolute atomic E-state index is 0.0666. The van der Waals surface area contributed by atoms with Crippen molar-refractivity contribution >= 4 is 23.4 Å². The fourth-order valence-corrected chi connectivity index (χ4v) is 3.68. The Hall–Kier alpha value is -2.83. The van der Waals surface area contributed by atoms with Crippen molar-refractivity contribution in [2.75, 3.05) is 23.7 Å². The van der Waals surface area contributed by atoms with Crippen molar-refractivity contribution in [2.45, 2.75) is 65.3 Å². The molecule has 1 atom stereocenters. The number of amides is 3. The third kappa shape index (κ3) is 5.66. The van der Waals surface area contributed by atoms with E-state index >= 15 is 0 Å². The third-order valence-electron chi connectivity index (χ3n) is 5.47. The van der Waals surface area contributed by atoms with Crippen molar-refractivity contribution in [3.05, 3.63) is 42.1 Å². The molecule has 2 heterocycles. The lowest BCUT2D eigenvalue weighted by Crippen LogP contribution is -2.45. The van der Waals surface area contributed by atoms with Gasteiger partial charge in [0, 0.05) is 30.3 Å². The number of piperidine rings is 1. The van der Waals surface area contributed by atoms with Gasteiger partial charge < -0.3 is 15.5 Å². The fourth-order valence-electron chi connectivity index (χ4n) is 3.68. The number of anilines is 2. The smallest absolute Gasteiger partial charge is 0.321 e. The number of rotatable bonds is 3. The number of benzene rings is 1. The zero-order valence-corrected chi connectivity index (χ0v) is 19.5. The predicted octanol–water partition coefficient (Wildman–Crippen LogP) is 4.82. The average molecular weight is 426 g/mol. The number of likely N-dealkylation sites (tertiary alicyclic amines) is 1. The van der Waals surface area contributed by atoms with Crippen molar-refractivity contribution < 1.29 is 9.59 Å². The van der Waals surface area contributed by atoms with E-state index in [1.54, 1.807) is 4.90 Å². The van der Waals surface area contributed by atoms with Gasteiger partial charge in [-0.2, -0.15) is 5.10 Å². The van der Waals surface area contributed by atoms with Gasteiger partial charge in [-0.05, 0) is 45.7 Å². The number of para-hydroxylation sites is 1. The van der Waals surface area contributed by atoms with Crippen LogP contribution in [0.25, 0.3) is 0 Å². The summed E-state index contributed by atoms with van der Waals surface area (Å²) in [5.41, 5.74) is 1.31. The maximum absolute atomic E-state index is 13.1. The zero-order chi connectivity index (χ0) is 22.8. The molecule has 3 amide bonds. The number of hydrogen-bond donors (Lipinski definition) is 2. The van der Waals surface area contributed by atoms with E-state index in [0.29, 0.717) is 18.9 Å². The Morgan fingerprint density at radius 2 is 1.71 bits per heavy atom. The maximum Gasteiger partial charge on any atom is 0.321 e. The van der Waals surface area contributed by atoms with Crippen LogP contribution in [0.2, 0.25) is 0 Å². The highest BCUT2D eigenvalue weighted by molar-refractivity contribution is 5.93. The summed E-state index contributed by atoms with van der Waals surface area (Å²) in [7, 11) is 0. The maximum atomic E-state index is 13.1. The molecule has 1 aliphatic heterocycles. The lowest BCUT2D eigenvalue weighted by atomic mass is 9.92. The number of nitrogens with zero attached hydrogens (tertiary/aromatic N) is 3. The number of hydrogen-bond acceptors (Lipinski definition) is 3. The molecule has 0 bridgehead atoms. The van der Waals surface area contributed by atoms with Gasteiger partial charge in [0.15, 0.2) is 0 Å². The van der Waals surface area contributed by atoms with E-state index in [9.17, 15) is 9.59 Å². The van der Waals surface area contributed by atoms with Crippen LogP contribution in [-0.2, 0) is 15.7 Å². The standard InChI is InChI=1S/C24H35N5O2/c1-23(2,3)19-15-20(29(27-19)24(4,5)6)26-21(30)17-11-10-14-28(16-17)22(31)25-18-12-8-7-9-13-18/h7-9,12-13,15,17H,10-11,14,16H2,1-6H3,(H,25,31)(H,26,30). The normalized spacial score (nSPS) is 17.4. The summed E-state index contributed by atoms with van der Waals surface area (Å²) in [5.74, 6) is 0.382. The average Bonchev–Trinajstić information content (AvgIpc) is 3.13. The number of aromatic nitrogens is 2. The monoisotopic (exact) mass is 425 g/mol. The van der Waals surface area contributed by atoms with Gasteiger partial charge in [0.1, 0.15) is 5.82 Å². The number of nitrogens with one attached hydrogen (secondary N) is 2. The van der Waals surface area contributed by atoms with Crippen LogP contribution in [0.15, 0.2) is 36.4 Å². The molecule has 2 aromatic rings. The van der Waals surface area contributed by atoms with Gasteiger partial charge in [-0.1, -0.05) is 39.0 Å². The van der Waals surface area contributed by atoms with Gasteiger partial charge in [0.25, 0.3) is 0 Å². The molecule has 2 N–H and O–H groups in total.